The SMILES string of the molecule is COc1ccc(-n2nc(C)c(CCC(=O)NCCN(C)C)c2Oc2ccc(C)cc2)cc1. The zero-order valence-corrected chi connectivity index (χ0v) is 19.5. The second-order valence-corrected chi connectivity index (χ2v) is 8.05. The highest BCUT2D eigenvalue weighted by molar-refractivity contribution is 5.76. The third kappa shape index (κ3) is 6.11. The number of carbonyl (C=O) groups excluding carboxylic acids is 1. The van der Waals surface area contributed by atoms with Crippen LogP contribution < -0.4 is 14.8 Å². The molecule has 0 fully saturated rings. The Hall–Kier alpha value is -3.32. The van der Waals surface area contributed by atoms with Crippen LogP contribution in [0.4, 0.5) is 0 Å². The number of nitrogens with zero attached hydrogens (tertiary/aromatic N) is 3. The van der Waals surface area contributed by atoms with Crippen LogP contribution in [0.3, 0.4) is 0 Å². The smallest absolute Gasteiger partial charge is 0.226 e. The molecule has 3 rings (SSSR count). The second-order valence-electron chi connectivity index (χ2n) is 8.05. The maximum absolute atomic E-state index is 12.4. The van der Waals surface area contributed by atoms with Crippen LogP contribution >= 0.6 is 0 Å². The molecule has 1 N–H and O–H groups in total. The number of amides is 1. The lowest BCUT2D eigenvalue weighted by atomic mass is 10.1. The van der Waals surface area contributed by atoms with Gasteiger partial charge in [-0.15, -0.1) is 0 Å². The molecule has 7 heteroatoms. The molecule has 0 saturated heterocycles. The molecule has 0 bridgehead atoms. The monoisotopic (exact) mass is 436 g/mol. The number of rotatable bonds is 10. The first-order valence-electron chi connectivity index (χ1n) is 10.8. The van der Waals surface area contributed by atoms with Crippen LogP contribution in [0.25, 0.3) is 5.69 Å². The summed E-state index contributed by atoms with van der Waals surface area (Å²) >= 11 is 0. The van der Waals surface area contributed by atoms with Gasteiger partial charge in [0.25, 0.3) is 0 Å². The van der Waals surface area contributed by atoms with Crippen molar-refractivity contribution in [1.29, 1.82) is 0 Å². The molecular formula is C25H32N4O3. The predicted octanol–water partition coefficient (Wildman–Crippen LogP) is 3.90. The van der Waals surface area contributed by atoms with Gasteiger partial charge in [0.05, 0.1) is 18.5 Å². The van der Waals surface area contributed by atoms with Crippen molar-refractivity contribution >= 4 is 5.91 Å². The van der Waals surface area contributed by atoms with E-state index in [4.69, 9.17) is 14.6 Å². The van der Waals surface area contributed by atoms with Crippen LogP contribution in [0.1, 0.15) is 23.2 Å². The largest absolute Gasteiger partial charge is 0.497 e. The highest BCUT2D eigenvalue weighted by Crippen LogP contribution is 2.32. The van der Waals surface area contributed by atoms with E-state index < -0.39 is 0 Å². The molecule has 1 heterocycles. The number of aryl methyl sites for hydroxylation is 2. The van der Waals surface area contributed by atoms with Crippen LogP contribution in [-0.2, 0) is 11.2 Å². The normalized spacial score (nSPS) is 10.9. The summed E-state index contributed by atoms with van der Waals surface area (Å²) in [6.45, 7) is 5.42. The van der Waals surface area contributed by atoms with Crippen LogP contribution in [0.15, 0.2) is 48.5 Å². The first kappa shape index (κ1) is 23.3. The van der Waals surface area contributed by atoms with E-state index in [1.165, 1.54) is 0 Å². The fourth-order valence-electron chi connectivity index (χ4n) is 3.29. The average Bonchev–Trinajstić information content (AvgIpc) is 3.08. The lowest BCUT2D eigenvalue weighted by Gasteiger charge is -2.13. The van der Waals surface area contributed by atoms with Crippen molar-refractivity contribution in [1.82, 2.24) is 20.0 Å². The summed E-state index contributed by atoms with van der Waals surface area (Å²) < 4.78 is 13.4. The van der Waals surface area contributed by atoms with E-state index in [0.29, 0.717) is 25.3 Å². The number of benzene rings is 2. The molecular weight excluding hydrogens is 404 g/mol. The number of methoxy groups -OCH3 is 1. The van der Waals surface area contributed by atoms with E-state index in [-0.39, 0.29) is 5.91 Å². The molecule has 170 valence electrons. The maximum atomic E-state index is 12.4. The molecule has 1 amide bonds. The number of ether oxygens (including phenoxy) is 2. The highest BCUT2D eigenvalue weighted by Gasteiger charge is 2.20. The fourth-order valence-corrected chi connectivity index (χ4v) is 3.29. The summed E-state index contributed by atoms with van der Waals surface area (Å²) in [6.07, 6.45) is 0.907. The number of nitrogens with one attached hydrogen (secondary N) is 1. The molecule has 0 spiro atoms. The second kappa shape index (κ2) is 10.8. The van der Waals surface area contributed by atoms with Crippen molar-refractivity contribution in [2.75, 3.05) is 34.3 Å². The van der Waals surface area contributed by atoms with Gasteiger partial charge in [0.2, 0.25) is 11.8 Å². The molecule has 0 aliphatic carbocycles. The van der Waals surface area contributed by atoms with Crippen LogP contribution in [-0.4, -0.2) is 54.9 Å². The molecule has 0 aliphatic heterocycles. The molecule has 0 aliphatic rings. The van der Waals surface area contributed by atoms with Crippen molar-refractivity contribution in [3.8, 4) is 23.1 Å². The van der Waals surface area contributed by atoms with Gasteiger partial charge < -0.3 is 19.7 Å². The van der Waals surface area contributed by atoms with Gasteiger partial charge in [0, 0.05) is 25.1 Å². The van der Waals surface area contributed by atoms with Gasteiger partial charge in [-0.3, -0.25) is 4.79 Å². The van der Waals surface area contributed by atoms with Gasteiger partial charge in [-0.1, -0.05) is 17.7 Å². The minimum Gasteiger partial charge on any atom is -0.497 e. The number of carbonyl (C=O) groups is 1. The van der Waals surface area contributed by atoms with Crippen LogP contribution in [0.2, 0.25) is 0 Å². The number of aromatic nitrogens is 2. The van der Waals surface area contributed by atoms with Crippen LogP contribution in [0.5, 0.6) is 17.4 Å². The van der Waals surface area contributed by atoms with E-state index in [2.05, 4.69) is 5.32 Å². The summed E-state index contributed by atoms with van der Waals surface area (Å²) in [5.74, 6) is 2.14. The minimum atomic E-state index is 0.0183. The minimum absolute atomic E-state index is 0.0183. The maximum Gasteiger partial charge on any atom is 0.226 e. The fraction of sp³-hybridized carbons (Fsp3) is 0.360. The van der Waals surface area contributed by atoms with Crippen LogP contribution in [0, 0.1) is 13.8 Å². The third-order valence-corrected chi connectivity index (χ3v) is 5.17. The van der Waals surface area contributed by atoms with E-state index in [1.54, 1.807) is 11.8 Å². The highest BCUT2D eigenvalue weighted by atomic mass is 16.5. The van der Waals surface area contributed by atoms with Gasteiger partial charge in [-0.05, 0) is 70.8 Å². The van der Waals surface area contributed by atoms with Gasteiger partial charge in [0.1, 0.15) is 11.5 Å². The van der Waals surface area contributed by atoms with E-state index in [0.717, 1.165) is 40.6 Å². The van der Waals surface area contributed by atoms with Crippen molar-refractivity contribution in [3.05, 3.63) is 65.4 Å². The zero-order chi connectivity index (χ0) is 23.1. The number of hydrogen-bond donors (Lipinski definition) is 1. The molecule has 32 heavy (non-hydrogen) atoms. The molecule has 0 saturated carbocycles. The third-order valence-electron chi connectivity index (χ3n) is 5.17. The van der Waals surface area contributed by atoms with Crippen molar-refractivity contribution < 1.29 is 14.3 Å². The summed E-state index contributed by atoms with van der Waals surface area (Å²) in [5, 5.41) is 7.69. The Morgan fingerprint density at radius 3 is 2.31 bits per heavy atom. The van der Waals surface area contributed by atoms with Crippen molar-refractivity contribution in [2.24, 2.45) is 0 Å². The van der Waals surface area contributed by atoms with Gasteiger partial charge in [0.15, 0.2) is 0 Å². The first-order chi connectivity index (χ1) is 15.4. The predicted molar refractivity (Wildman–Crippen MR) is 126 cm³/mol. The van der Waals surface area contributed by atoms with E-state index in [1.807, 2.05) is 81.4 Å². The lowest BCUT2D eigenvalue weighted by Crippen LogP contribution is -2.31. The molecule has 0 unspecified atom stereocenters. The van der Waals surface area contributed by atoms with Crippen molar-refractivity contribution in [2.45, 2.75) is 26.7 Å². The van der Waals surface area contributed by atoms with Gasteiger partial charge in [-0.25, -0.2) is 4.68 Å². The average molecular weight is 437 g/mol. The molecule has 2 aromatic carbocycles. The standard InChI is InChI=1S/C25H32N4O3/c1-18-6-10-22(11-7-18)32-25-23(14-15-24(30)26-16-17-28(3)4)19(2)27-29(25)20-8-12-21(31-5)13-9-20/h6-13H,14-17H2,1-5H3,(H,26,30). The summed E-state index contributed by atoms with van der Waals surface area (Å²) in [6, 6.07) is 15.5. The Bertz CT molecular complexity index is 1020. The van der Waals surface area contributed by atoms with E-state index >= 15 is 0 Å². The zero-order valence-electron chi connectivity index (χ0n) is 19.5. The quantitative estimate of drug-likeness (QED) is 0.522. The summed E-state index contributed by atoms with van der Waals surface area (Å²) in [5.41, 5.74) is 3.78. The Balaban J connectivity index is 1.86. The summed E-state index contributed by atoms with van der Waals surface area (Å²) in [7, 11) is 5.61. The molecule has 3 aromatic rings. The van der Waals surface area contributed by atoms with Gasteiger partial charge in [-0.2, -0.15) is 5.10 Å². The summed E-state index contributed by atoms with van der Waals surface area (Å²) in [4.78, 5) is 14.4. The molecule has 7 nitrogen and oxygen atoms in total. The topological polar surface area (TPSA) is 68.6 Å². The molecule has 0 atom stereocenters. The van der Waals surface area contributed by atoms with Crippen molar-refractivity contribution in [3.63, 3.8) is 0 Å². The Labute approximate surface area is 190 Å². The number of likely N-dealkylation sites (N-methyl/N-ethyl adjacent to an activating group) is 1. The Kier molecular flexibility index (Phi) is 7.89. The molecule has 0 radical (unpaired) electrons. The first-order valence-corrected chi connectivity index (χ1v) is 10.8. The Morgan fingerprint density at radius 2 is 1.69 bits per heavy atom. The Morgan fingerprint density at radius 1 is 1.03 bits per heavy atom. The lowest BCUT2D eigenvalue weighted by molar-refractivity contribution is -0.121. The molecule has 1 aromatic heterocycles. The van der Waals surface area contributed by atoms with Gasteiger partial charge >= 0.3 is 0 Å². The van der Waals surface area contributed by atoms with E-state index in [9.17, 15) is 4.79 Å². The number of hydrogen-bond acceptors (Lipinski definition) is 5.